The molecule has 0 aromatic rings. The molecule has 0 radical (unpaired) electrons. The van der Waals surface area contributed by atoms with Crippen LogP contribution in [0.3, 0.4) is 0 Å². The molecule has 3 rings (SSSR count). The first-order valence-corrected chi connectivity index (χ1v) is 15.4. The molecule has 4 amide bonds. The van der Waals surface area contributed by atoms with Gasteiger partial charge in [0.05, 0.1) is 4.75 Å². The summed E-state index contributed by atoms with van der Waals surface area (Å²) in [5, 5.41) is 2.68. The smallest absolute Gasteiger partial charge is 0.408 e. The number of likely N-dealkylation sites (tertiary alicyclic amines) is 1. The molecule has 220 valence electrons. The van der Waals surface area contributed by atoms with E-state index in [9.17, 15) is 27.6 Å². The summed E-state index contributed by atoms with van der Waals surface area (Å²) in [4.78, 5) is 51.1. The maximum atomic E-state index is 13.2. The lowest BCUT2D eigenvalue weighted by molar-refractivity contribution is -0.139. The average molecular weight is 569 g/mol. The second-order valence-corrected chi connectivity index (χ2v) is 14.5. The number of nitrogens with zero attached hydrogens (tertiary/aromatic N) is 1. The van der Waals surface area contributed by atoms with E-state index >= 15 is 0 Å². The fourth-order valence-corrected chi connectivity index (χ4v) is 6.10. The minimum atomic E-state index is -3.60. The van der Waals surface area contributed by atoms with Gasteiger partial charge in [0.1, 0.15) is 17.7 Å². The minimum absolute atomic E-state index is 0.0610. The summed E-state index contributed by atoms with van der Waals surface area (Å²) in [6.45, 7) is 7.31. The van der Waals surface area contributed by atoms with Gasteiger partial charge in [-0.15, -0.1) is 0 Å². The van der Waals surface area contributed by atoms with E-state index in [1.54, 1.807) is 27.7 Å². The van der Waals surface area contributed by atoms with Gasteiger partial charge in [0.2, 0.25) is 27.7 Å². The van der Waals surface area contributed by atoms with Crippen LogP contribution in [0, 0.1) is 11.8 Å². The lowest BCUT2D eigenvalue weighted by atomic mass is 10.0. The maximum Gasteiger partial charge on any atom is 0.408 e. The fraction of sp³-hybridized carbons (Fsp3) is 0.778. The van der Waals surface area contributed by atoms with Crippen LogP contribution in [0.15, 0.2) is 12.2 Å². The van der Waals surface area contributed by atoms with E-state index < -0.39 is 50.4 Å². The van der Waals surface area contributed by atoms with Gasteiger partial charge in [0.15, 0.2) is 0 Å². The molecule has 4 atom stereocenters. The summed E-state index contributed by atoms with van der Waals surface area (Å²) in [6.07, 6.45) is 9.87. The SMILES string of the molecule is CC(C)(C)OC(=O)NC(CCCCCC=CC1CC1C(=O)NS(=O)(=O)C1(C)CC1)C(=O)N1CCCC1C(N)=O. The van der Waals surface area contributed by atoms with Crippen LogP contribution in [0.5, 0.6) is 0 Å². The second-order valence-electron chi connectivity index (χ2n) is 12.3. The third-order valence-electron chi connectivity index (χ3n) is 7.61. The third-order valence-corrected chi connectivity index (χ3v) is 9.79. The lowest BCUT2D eigenvalue weighted by Crippen LogP contribution is -2.53. The molecule has 1 saturated heterocycles. The zero-order chi connectivity index (χ0) is 29.0. The fourth-order valence-electron chi connectivity index (χ4n) is 4.80. The predicted octanol–water partition coefficient (Wildman–Crippen LogP) is 2.50. The van der Waals surface area contributed by atoms with Crippen LogP contribution >= 0.6 is 0 Å². The van der Waals surface area contributed by atoms with Crippen LogP contribution in [0.4, 0.5) is 4.79 Å². The third kappa shape index (κ3) is 8.68. The number of alkyl carbamates (subject to hydrolysis) is 1. The molecule has 2 aliphatic carbocycles. The average Bonchev–Trinajstić information content (AvgIpc) is 3.71. The Morgan fingerprint density at radius 1 is 1.15 bits per heavy atom. The number of allylic oxidation sites excluding steroid dienone is 2. The van der Waals surface area contributed by atoms with E-state index in [0.717, 1.165) is 19.3 Å². The Morgan fingerprint density at radius 2 is 1.85 bits per heavy atom. The Hall–Kier alpha value is -2.63. The molecular formula is C27H44N4O7S. The quantitative estimate of drug-likeness (QED) is 0.227. The largest absolute Gasteiger partial charge is 0.444 e. The number of sulfonamides is 1. The molecule has 4 N–H and O–H groups in total. The van der Waals surface area contributed by atoms with Gasteiger partial charge in [-0.2, -0.15) is 0 Å². The molecule has 1 aliphatic heterocycles. The molecule has 3 aliphatic rings. The number of nitrogens with one attached hydrogen (secondary N) is 2. The lowest BCUT2D eigenvalue weighted by Gasteiger charge is -2.28. The number of carbonyl (C=O) groups excluding carboxylic acids is 4. The molecule has 0 spiro atoms. The van der Waals surface area contributed by atoms with Crippen LogP contribution in [0.1, 0.15) is 91.9 Å². The number of ether oxygens (including phenoxy) is 1. The van der Waals surface area contributed by atoms with Gasteiger partial charge in [-0.25, -0.2) is 13.2 Å². The zero-order valence-corrected chi connectivity index (χ0v) is 24.3. The first-order chi connectivity index (χ1) is 18.1. The minimum Gasteiger partial charge on any atom is -0.444 e. The van der Waals surface area contributed by atoms with Crippen LogP contribution in [-0.2, 0) is 29.1 Å². The van der Waals surface area contributed by atoms with E-state index in [4.69, 9.17) is 10.5 Å². The molecule has 3 fully saturated rings. The highest BCUT2D eigenvalue weighted by molar-refractivity contribution is 7.91. The standard InChI is InChI=1S/C27H44N4O7S/c1-26(2,3)38-25(35)29-20(24(34)31-16-10-13-21(31)22(28)32)12-9-7-5-6-8-11-18-17-19(18)23(33)30-39(36,37)27(4)14-15-27/h8,11,18-21H,5-7,9-10,12-17H2,1-4H3,(H2,28,32)(H,29,35)(H,30,33). The van der Waals surface area contributed by atoms with Crippen LogP contribution < -0.4 is 15.8 Å². The highest BCUT2D eigenvalue weighted by atomic mass is 32.2. The summed E-state index contributed by atoms with van der Waals surface area (Å²) >= 11 is 0. The van der Waals surface area contributed by atoms with Crippen molar-refractivity contribution < 1.29 is 32.3 Å². The molecule has 0 aromatic heterocycles. The van der Waals surface area contributed by atoms with Crippen molar-refractivity contribution in [3.8, 4) is 0 Å². The van der Waals surface area contributed by atoms with Gasteiger partial charge in [0, 0.05) is 12.5 Å². The molecule has 4 unspecified atom stereocenters. The number of hydrogen-bond acceptors (Lipinski definition) is 7. The van der Waals surface area contributed by atoms with Crippen molar-refractivity contribution in [2.45, 2.75) is 114 Å². The predicted molar refractivity (Wildman–Crippen MR) is 146 cm³/mol. The van der Waals surface area contributed by atoms with Crippen molar-refractivity contribution in [1.82, 2.24) is 14.9 Å². The van der Waals surface area contributed by atoms with E-state index in [1.165, 1.54) is 4.90 Å². The van der Waals surface area contributed by atoms with E-state index in [0.29, 0.717) is 51.5 Å². The van der Waals surface area contributed by atoms with Crippen molar-refractivity contribution in [1.29, 1.82) is 0 Å². The van der Waals surface area contributed by atoms with Crippen molar-refractivity contribution >= 4 is 33.8 Å². The number of unbranched alkanes of at least 4 members (excludes halogenated alkanes) is 3. The van der Waals surface area contributed by atoms with Gasteiger partial charge >= 0.3 is 6.09 Å². The Bertz CT molecular complexity index is 1080. The number of primary amides is 1. The van der Waals surface area contributed by atoms with Gasteiger partial charge < -0.3 is 20.7 Å². The summed E-state index contributed by atoms with van der Waals surface area (Å²) in [7, 11) is -3.60. The van der Waals surface area contributed by atoms with Crippen molar-refractivity contribution in [2.24, 2.45) is 17.6 Å². The van der Waals surface area contributed by atoms with E-state index in [-0.39, 0.29) is 17.7 Å². The topological polar surface area (TPSA) is 165 Å². The number of amides is 4. The molecular weight excluding hydrogens is 524 g/mol. The second kappa shape index (κ2) is 12.3. The maximum absolute atomic E-state index is 13.2. The van der Waals surface area contributed by atoms with Crippen LogP contribution in [-0.4, -0.2) is 66.1 Å². The van der Waals surface area contributed by atoms with Crippen LogP contribution in [0.2, 0.25) is 0 Å². The zero-order valence-electron chi connectivity index (χ0n) is 23.5. The number of nitrogens with two attached hydrogens (primary N) is 1. The molecule has 0 bridgehead atoms. The molecule has 12 heteroatoms. The number of rotatable bonds is 13. The summed E-state index contributed by atoms with van der Waals surface area (Å²) in [5.41, 5.74) is 4.77. The Balaban J connectivity index is 1.41. The van der Waals surface area contributed by atoms with Gasteiger partial charge in [0.25, 0.3) is 0 Å². The first-order valence-electron chi connectivity index (χ1n) is 14.0. The van der Waals surface area contributed by atoms with Crippen LogP contribution in [0.25, 0.3) is 0 Å². The molecule has 39 heavy (non-hydrogen) atoms. The molecule has 11 nitrogen and oxygen atoms in total. The normalized spacial score (nSPS) is 24.7. The van der Waals surface area contributed by atoms with Crippen molar-refractivity contribution in [3.05, 3.63) is 12.2 Å². The Labute approximate surface area is 231 Å². The summed E-state index contributed by atoms with van der Waals surface area (Å²) in [6, 6.07) is -1.47. The van der Waals surface area contributed by atoms with Gasteiger partial charge in [-0.05, 0) is 85.0 Å². The molecule has 1 heterocycles. The number of carbonyl (C=O) groups is 4. The van der Waals surface area contributed by atoms with Gasteiger partial charge in [-0.3, -0.25) is 19.1 Å². The Morgan fingerprint density at radius 3 is 2.46 bits per heavy atom. The Kier molecular flexibility index (Phi) is 9.72. The highest BCUT2D eigenvalue weighted by Crippen LogP contribution is 2.44. The summed E-state index contributed by atoms with van der Waals surface area (Å²) < 4.78 is 31.2. The van der Waals surface area contributed by atoms with E-state index in [2.05, 4.69) is 10.0 Å². The van der Waals surface area contributed by atoms with E-state index in [1.807, 2.05) is 12.2 Å². The summed E-state index contributed by atoms with van der Waals surface area (Å²) in [5.74, 6) is -1.51. The van der Waals surface area contributed by atoms with Crippen molar-refractivity contribution in [3.63, 3.8) is 0 Å². The first kappa shape index (κ1) is 30.9. The monoisotopic (exact) mass is 568 g/mol. The molecule has 0 aromatic carbocycles. The van der Waals surface area contributed by atoms with Crippen molar-refractivity contribution in [2.75, 3.05) is 6.54 Å². The highest BCUT2D eigenvalue weighted by Gasteiger charge is 2.52. The van der Waals surface area contributed by atoms with Gasteiger partial charge in [-0.1, -0.05) is 25.0 Å². The molecule has 2 saturated carbocycles. The number of hydrogen-bond donors (Lipinski definition) is 3.